The molecule has 22 heteroatoms. The van der Waals surface area contributed by atoms with E-state index < -0.39 is 12.1 Å². The van der Waals surface area contributed by atoms with E-state index in [0.29, 0.717) is 122 Å². The fourth-order valence-electron chi connectivity index (χ4n) is 7.42. The van der Waals surface area contributed by atoms with Crippen LogP contribution in [0, 0.1) is 24.2 Å². The molecule has 0 saturated carbocycles. The molecular formula is C41H68ClN15O6. The van der Waals surface area contributed by atoms with Crippen LogP contribution in [0.3, 0.4) is 0 Å². The van der Waals surface area contributed by atoms with Gasteiger partial charge >= 0.3 is 0 Å². The highest BCUT2D eigenvalue weighted by Crippen LogP contribution is 2.26. The number of hydrogen-bond donors (Lipinski definition) is 3. The zero-order valence-electron chi connectivity index (χ0n) is 37.5. The lowest BCUT2D eigenvalue weighted by molar-refractivity contribution is -0.368. The van der Waals surface area contributed by atoms with E-state index in [1.165, 1.54) is 0 Å². The smallest absolute Gasteiger partial charge is 0.247 e. The van der Waals surface area contributed by atoms with Crippen LogP contribution in [0.25, 0.3) is 0 Å². The molecule has 3 atom stereocenters. The van der Waals surface area contributed by atoms with E-state index in [1.807, 2.05) is 29.8 Å². The van der Waals surface area contributed by atoms with Crippen molar-refractivity contribution in [2.45, 2.75) is 71.9 Å². The fraction of sp³-hybridized carbons (Fsp3) is 0.732. The average Bonchev–Trinajstić information content (AvgIpc) is 3.95. The summed E-state index contributed by atoms with van der Waals surface area (Å²) in [5.41, 5.74) is 5.47. The van der Waals surface area contributed by atoms with Gasteiger partial charge in [0.25, 0.3) is 0 Å². The zero-order chi connectivity index (χ0) is 44.3. The Kier molecular flexibility index (Phi) is 21.7. The summed E-state index contributed by atoms with van der Waals surface area (Å²) in [5, 5.41) is 29.8. The number of anilines is 3. The first kappa shape index (κ1) is 50.9. The number of aliphatic hydroxyl groups excluding tert-OH is 1. The maximum absolute atomic E-state index is 14.1. The maximum atomic E-state index is 14.1. The molecule has 0 aliphatic carbocycles. The summed E-state index contributed by atoms with van der Waals surface area (Å²) in [5.74, 6) is 3.91. The number of nitrogens with one attached hydrogen (secondary N) is 1. The van der Waals surface area contributed by atoms with Gasteiger partial charge in [0.05, 0.1) is 51.0 Å². The van der Waals surface area contributed by atoms with E-state index in [-0.39, 0.29) is 49.3 Å². The molecule has 2 fully saturated rings. The molecule has 2 aliphatic heterocycles. The van der Waals surface area contributed by atoms with Crippen LogP contribution in [0.2, 0.25) is 0 Å². The van der Waals surface area contributed by atoms with E-state index in [9.17, 15) is 14.7 Å². The first-order valence-electron chi connectivity index (χ1n) is 22.1. The first-order chi connectivity index (χ1) is 30.2. The summed E-state index contributed by atoms with van der Waals surface area (Å²) in [6, 6.07) is -0.959. The Labute approximate surface area is 377 Å². The number of unbranched alkanes of at least 4 members (excludes halogenated alkanes) is 1. The van der Waals surface area contributed by atoms with E-state index in [4.69, 9.17) is 35.6 Å². The van der Waals surface area contributed by atoms with Gasteiger partial charge in [-0.05, 0) is 31.1 Å². The van der Waals surface area contributed by atoms with Crippen molar-refractivity contribution < 1.29 is 47.0 Å². The predicted octanol–water partition coefficient (Wildman–Crippen LogP) is -3.27. The molecule has 2 saturated heterocycles. The standard InChI is InChI=1S/C41H67N15O6.ClH/c1-6-23-60-25-27-62-28-26-61-24-13-43-39-44-40(53-18-14-51(15-19-53)37(58)35(31(3)4)55-30-34(11-22-57)48-49-55)46-41(45-39)54-20-16-52(17-21-54)38(59)36(32(5)7-2)56-29-33(47-50-56)10-8-9-12-42;/h1,29-32,35-36,57H,7-28,42H2,2-5H3,(H,43,44,45,46);1H. The van der Waals surface area contributed by atoms with Crippen molar-refractivity contribution in [3.63, 3.8) is 0 Å². The van der Waals surface area contributed by atoms with Gasteiger partial charge in [-0.3, -0.25) is 9.59 Å². The second kappa shape index (κ2) is 26.8. The highest BCUT2D eigenvalue weighted by molar-refractivity contribution is 5.81. The van der Waals surface area contributed by atoms with Crippen molar-refractivity contribution in [1.82, 2.24) is 54.7 Å². The van der Waals surface area contributed by atoms with E-state index in [2.05, 4.69) is 61.2 Å². The monoisotopic (exact) mass is 902 g/mol. The minimum Gasteiger partial charge on any atom is -1.00 e. The normalized spacial score (nSPS) is 15.8. The summed E-state index contributed by atoms with van der Waals surface area (Å²) in [6.45, 7) is 15.9. The molecule has 3 aromatic heterocycles. The Morgan fingerprint density at radius 2 is 1.30 bits per heavy atom. The van der Waals surface area contributed by atoms with Crippen LogP contribution < -0.4 is 33.3 Å². The SMILES string of the molecule is C#CCOCCOCCOCCNc1nc(N2CCN(C(=O)C(C(C)C)n3cc(CCO)nn3)CC2)nc(N2CCN(C(=O)C(C(C)CC)n3cc(CCCC[NH3+])nn3)CC2)n1.[Cl-]. The molecule has 2 amide bonds. The van der Waals surface area contributed by atoms with Crippen LogP contribution in [0.15, 0.2) is 12.4 Å². The molecule has 5 rings (SSSR count). The van der Waals surface area contributed by atoms with Crippen LogP contribution in [0.5, 0.6) is 0 Å². The number of aryl methyl sites for hydroxylation is 1. The lowest BCUT2D eigenvalue weighted by Crippen LogP contribution is -3.00. The molecule has 2 aliphatic rings. The minimum atomic E-state index is -0.518. The Balaban J connectivity index is 0.00000871. The van der Waals surface area contributed by atoms with Gasteiger partial charge in [0, 0.05) is 84.3 Å². The van der Waals surface area contributed by atoms with Crippen LogP contribution in [0.4, 0.5) is 17.8 Å². The summed E-state index contributed by atoms with van der Waals surface area (Å²) in [6.07, 6.45) is 12.9. The Bertz CT molecular complexity index is 1840. The number of aromatic nitrogens is 9. The number of piperazine rings is 2. The molecule has 3 unspecified atom stereocenters. The summed E-state index contributed by atoms with van der Waals surface area (Å²) < 4.78 is 19.9. The molecular weight excluding hydrogens is 834 g/mol. The number of quaternary nitrogens is 1. The van der Waals surface area contributed by atoms with Crippen molar-refractivity contribution in [1.29, 1.82) is 0 Å². The second-order valence-electron chi connectivity index (χ2n) is 16.0. The van der Waals surface area contributed by atoms with Crippen LogP contribution in [-0.4, -0.2) is 183 Å². The molecule has 0 bridgehead atoms. The Morgan fingerprint density at radius 3 is 1.83 bits per heavy atom. The molecule has 3 aromatic rings. The first-order valence-corrected chi connectivity index (χ1v) is 22.1. The fourth-order valence-corrected chi connectivity index (χ4v) is 7.42. The molecule has 5 N–H and O–H groups in total. The van der Waals surface area contributed by atoms with Crippen LogP contribution >= 0.6 is 0 Å². The largest absolute Gasteiger partial charge is 1.00 e. The average molecular weight is 903 g/mol. The third-order valence-electron chi connectivity index (χ3n) is 11.1. The van der Waals surface area contributed by atoms with Gasteiger partial charge in [-0.15, -0.1) is 16.6 Å². The van der Waals surface area contributed by atoms with E-state index >= 15 is 0 Å². The minimum absolute atomic E-state index is 0. The number of halogens is 1. The molecule has 5 heterocycles. The van der Waals surface area contributed by atoms with Crippen molar-refractivity contribution in [2.75, 3.05) is 127 Å². The lowest BCUT2D eigenvalue weighted by Gasteiger charge is -2.38. The summed E-state index contributed by atoms with van der Waals surface area (Å²) >= 11 is 0. The second-order valence-corrected chi connectivity index (χ2v) is 16.0. The maximum Gasteiger partial charge on any atom is 0.247 e. The van der Waals surface area contributed by atoms with Gasteiger partial charge in [0.1, 0.15) is 18.7 Å². The molecule has 350 valence electrons. The number of carbonyl (C=O) groups is 2. The number of amides is 2. The highest BCUT2D eigenvalue weighted by atomic mass is 35.5. The molecule has 0 aromatic carbocycles. The van der Waals surface area contributed by atoms with Crippen molar-refractivity contribution in [3.05, 3.63) is 23.8 Å². The molecule has 21 nitrogen and oxygen atoms in total. The lowest BCUT2D eigenvalue weighted by atomic mass is 9.97. The number of ether oxygens (including phenoxy) is 3. The van der Waals surface area contributed by atoms with Crippen molar-refractivity contribution in [3.8, 4) is 12.3 Å². The summed E-state index contributed by atoms with van der Waals surface area (Å²) in [7, 11) is 0. The Hall–Kier alpha value is -4.72. The number of carbonyl (C=O) groups excluding carboxylic acids is 2. The predicted molar refractivity (Wildman–Crippen MR) is 231 cm³/mol. The van der Waals surface area contributed by atoms with Crippen molar-refractivity contribution >= 4 is 29.7 Å². The third-order valence-corrected chi connectivity index (χ3v) is 11.1. The summed E-state index contributed by atoms with van der Waals surface area (Å²) in [4.78, 5) is 50.6. The van der Waals surface area contributed by atoms with Crippen LogP contribution in [0.1, 0.15) is 70.4 Å². The zero-order valence-corrected chi connectivity index (χ0v) is 38.2. The number of hydrogen-bond acceptors (Lipinski definition) is 16. The number of aliphatic hydroxyl groups is 1. The number of terminal acetylenes is 1. The van der Waals surface area contributed by atoms with Gasteiger partial charge in [0.2, 0.25) is 29.7 Å². The number of nitrogens with zero attached hydrogens (tertiary/aromatic N) is 13. The quantitative estimate of drug-likeness (QED) is 0.0530. The topological polar surface area (TPSA) is 235 Å². The van der Waals surface area contributed by atoms with Gasteiger partial charge in [-0.25, -0.2) is 9.36 Å². The number of rotatable bonds is 26. The van der Waals surface area contributed by atoms with Gasteiger partial charge in [-0.2, -0.15) is 15.0 Å². The molecule has 63 heavy (non-hydrogen) atoms. The third kappa shape index (κ3) is 14.9. The van der Waals surface area contributed by atoms with Crippen molar-refractivity contribution in [2.24, 2.45) is 11.8 Å². The highest BCUT2D eigenvalue weighted by Gasteiger charge is 2.35. The Morgan fingerprint density at radius 1 is 0.778 bits per heavy atom. The van der Waals surface area contributed by atoms with E-state index in [1.54, 1.807) is 15.6 Å². The van der Waals surface area contributed by atoms with Gasteiger partial charge in [0.15, 0.2) is 0 Å². The van der Waals surface area contributed by atoms with Gasteiger partial charge < -0.3 is 62.4 Å². The molecule has 0 radical (unpaired) electrons. The molecule has 0 spiro atoms. The van der Waals surface area contributed by atoms with Gasteiger partial charge in [-0.1, -0.05) is 50.5 Å². The van der Waals surface area contributed by atoms with Crippen LogP contribution in [-0.2, 0) is 36.6 Å². The van der Waals surface area contributed by atoms with E-state index in [0.717, 1.165) is 37.9 Å².